The maximum Gasteiger partial charge on any atom is 0.129 e. The lowest BCUT2D eigenvalue weighted by Crippen LogP contribution is -2.46. The molecule has 6 nitrogen and oxygen atoms in total. The first-order valence-electron chi connectivity index (χ1n) is 9.96. The lowest BCUT2D eigenvalue weighted by atomic mass is 10.0. The molecule has 4 rings (SSSR count). The minimum Gasteiger partial charge on any atom is -0.462 e. The maximum atomic E-state index is 10.9. The molecule has 1 aliphatic rings. The number of hydrogen-bond acceptors (Lipinski definition) is 6. The molecule has 0 unspecified atom stereocenters. The zero-order valence-electron chi connectivity index (χ0n) is 16.7. The van der Waals surface area contributed by atoms with Gasteiger partial charge in [-0.3, -0.25) is 9.88 Å². The molecule has 1 fully saturated rings. The number of anilines is 1. The Morgan fingerprint density at radius 3 is 2.52 bits per heavy atom. The summed E-state index contributed by atoms with van der Waals surface area (Å²) in [4.78, 5) is 9.06. The van der Waals surface area contributed by atoms with Gasteiger partial charge in [-0.2, -0.15) is 0 Å². The minimum absolute atomic E-state index is 0.503. The van der Waals surface area contributed by atoms with E-state index < -0.39 is 6.10 Å². The monoisotopic (exact) mass is 393 g/mol. The highest BCUT2D eigenvalue weighted by Crippen LogP contribution is 2.30. The van der Waals surface area contributed by atoms with E-state index in [1.165, 1.54) is 0 Å². The summed E-state index contributed by atoms with van der Waals surface area (Å²) >= 11 is 0. The standard InChI is InChI=1S/C23H27N3O3/c1-28-17-19-10-9-18(29-19)16-25-12-14-26(15-13-25)22-8-3-2-6-20(22)23(27)21-7-4-5-11-24-21/h2-11,23,27H,12-17H2,1H3/t23-/m1/s1. The molecule has 1 N–H and O–H groups in total. The van der Waals surface area contributed by atoms with E-state index in [1.807, 2.05) is 48.5 Å². The van der Waals surface area contributed by atoms with Crippen LogP contribution >= 0.6 is 0 Å². The van der Waals surface area contributed by atoms with E-state index in [1.54, 1.807) is 13.3 Å². The number of rotatable bonds is 7. The normalized spacial score (nSPS) is 16.1. The molecule has 3 heterocycles. The Kier molecular flexibility index (Phi) is 6.24. The third kappa shape index (κ3) is 4.67. The number of aliphatic hydroxyl groups is 1. The summed E-state index contributed by atoms with van der Waals surface area (Å²) in [7, 11) is 1.67. The van der Waals surface area contributed by atoms with Gasteiger partial charge in [0.15, 0.2) is 0 Å². The number of piperazine rings is 1. The Balaban J connectivity index is 1.41. The lowest BCUT2D eigenvalue weighted by Gasteiger charge is -2.37. The second-order valence-electron chi connectivity index (χ2n) is 7.28. The van der Waals surface area contributed by atoms with Crippen LogP contribution in [0, 0.1) is 0 Å². The van der Waals surface area contributed by atoms with Gasteiger partial charge < -0.3 is 19.2 Å². The summed E-state index contributed by atoms with van der Waals surface area (Å²) in [6.07, 6.45) is 0.986. The largest absolute Gasteiger partial charge is 0.462 e. The Morgan fingerprint density at radius 1 is 1.00 bits per heavy atom. The highest BCUT2D eigenvalue weighted by Gasteiger charge is 2.23. The Morgan fingerprint density at radius 2 is 1.76 bits per heavy atom. The number of furan rings is 1. The number of ether oxygens (including phenoxy) is 1. The molecule has 29 heavy (non-hydrogen) atoms. The van der Waals surface area contributed by atoms with Crippen molar-refractivity contribution in [1.29, 1.82) is 0 Å². The Labute approximate surface area is 171 Å². The highest BCUT2D eigenvalue weighted by molar-refractivity contribution is 5.56. The quantitative estimate of drug-likeness (QED) is 0.665. The van der Waals surface area contributed by atoms with Gasteiger partial charge in [0.05, 0.1) is 12.2 Å². The molecule has 1 saturated heterocycles. The summed E-state index contributed by atoms with van der Waals surface area (Å²) in [6.45, 7) is 4.98. The molecule has 0 amide bonds. The number of aromatic nitrogens is 1. The summed E-state index contributed by atoms with van der Waals surface area (Å²) in [6, 6.07) is 17.7. The molecule has 6 heteroatoms. The number of hydrogen-bond donors (Lipinski definition) is 1. The van der Waals surface area contributed by atoms with Gasteiger partial charge in [-0.25, -0.2) is 0 Å². The zero-order valence-corrected chi connectivity index (χ0v) is 16.7. The van der Waals surface area contributed by atoms with Crippen LogP contribution in [0.3, 0.4) is 0 Å². The second kappa shape index (κ2) is 9.22. The van der Waals surface area contributed by atoms with Gasteiger partial charge in [-0.1, -0.05) is 24.3 Å². The molecular formula is C23H27N3O3. The van der Waals surface area contributed by atoms with Crippen molar-refractivity contribution in [3.05, 3.63) is 83.6 Å². The lowest BCUT2D eigenvalue weighted by molar-refractivity contribution is 0.158. The number of methoxy groups -OCH3 is 1. The van der Waals surface area contributed by atoms with Gasteiger partial charge in [0.2, 0.25) is 0 Å². The van der Waals surface area contributed by atoms with Gasteiger partial charge in [0, 0.05) is 50.7 Å². The van der Waals surface area contributed by atoms with Crippen molar-refractivity contribution in [2.75, 3.05) is 38.2 Å². The van der Waals surface area contributed by atoms with Crippen LogP contribution in [0.4, 0.5) is 5.69 Å². The first-order valence-corrected chi connectivity index (χ1v) is 9.96. The molecule has 1 atom stereocenters. The number of benzene rings is 1. The molecule has 0 radical (unpaired) electrons. The van der Waals surface area contributed by atoms with Crippen LogP contribution < -0.4 is 4.90 Å². The highest BCUT2D eigenvalue weighted by atomic mass is 16.5. The molecule has 0 spiro atoms. The van der Waals surface area contributed by atoms with Crippen LogP contribution in [0.5, 0.6) is 0 Å². The van der Waals surface area contributed by atoms with E-state index >= 15 is 0 Å². The van der Waals surface area contributed by atoms with Gasteiger partial charge in [0.1, 0.15) is 24.2 Å². The second-order valence-corrected chi connectivity index (χ2v) is 7.28. The number of nitrogens with zero attached hydrogens (tertiary/aromatic N) is 3. The first kappa shape index (κ1) is 19.6. The third-order valence-corrected chi connectivity index (χ3v) is 5.30. The van der Waals surface area contributed by atoms with Gasteiger partial charge in [0.25, 0.3) is 0 Å². The fraction of sp³-hybridized carbons (Fsp3) is 0.348. The van der Waals surface area contributed by atoms with Gasteiger partial charge in [-0.05, 0) is 30.3 Å². The SMILES string of the molecule is COCc1ccc(CN2CCN(c3ccccc3[C@@H](O)c3ccccn3)CC2)o1. The van der Waals surface area contributed by atoms with Crippen molar-refractivity contribution in [3.63, 3.8) is 0 Å². The molecule has 1 aromatic carbocycles. The summed E-state index contributed by atoms with van der Waals surface area (Å²) in [5, 5.41) is 10.9. The maximum absolute atomic E-state index is 10.9. The molecular weight excluding hydrogens is 366 g/mol. The fourth-order valence-corrected chi connectivity index (χ4v) is 3.80. The van der Waals surface area contributed by atoms with Gasteiger partial charge in [-0.15, -0.1) is 0 Å². The van der Waals surface area contributed by atoms with Gasteiger partial charge >= 0.3 is 0 Å². The smallest absolute Gasteiger partial charge is 0.129 e. The van der Waals surface area contributed by atoms with Crippen molar-refractivity contribution < 1.29 is 14.3 Å². The van der Waals surface area contributed by atoms with E-state index in [2.05, 4.69) is 20.9 Å². The van der Waals surface area contributed by atoms with Crippen molar-refractivity contribution in [1.82, 2.24) is 9.88 Å². The minimum atomic E-state index is -0.729. The Hall–Kier alpha value is -2.67. The van der Waals surface area contributed by atoms with Crippen LogP contribution in [0.2, 0.25) is 0 Å². The Bertz CT molecular complexity index is 904. The summed E-state index contributed by atoms with van der Waals surface area (Å²) < 4.78 is 10.9. The molecule has 1 aliphatic heterocycles. The molecule has 0 saturated carbocycles. The van der Waals surface area contributed by atoms with Crippen molar-refractivity contribution in [2.24, 2.45) is 0 Å². The summed E-state index contributed by atoms with van der Waals surface area (Å²) in [5.74, 6) is 1.83. The predicted molar refractivity (Wildman–Crippen MR) is 112 cm³/mol. The average Bonchev–Trinajstić information content (AvgIpc) is 3.21. The molecule has 0 aliphatic carbocycles. The van der Waals surface area contributed by atoms with Crippen LogP contribution in [-0.4, -0.2) is 48.3 Å². The van der Waals surface area contributed by atoms with Crippen LogP contribution in [0.25, 0.3) is 0 Å². The number of aliphatic hydroxyl groups excluding tert-OH is 1. The van der Waals surface area contributed by atoms with Crippen molar-refractivity contribution >= 4 is 5.69 Å². The van der Waals surface area contributed by atoms with Crippen molar-refractivity contribution in [3.8, 4) is 0 Å². The molecule has 2 aromatic heterocycles. The van der Waals surface area contributed by atoms with E-state index in [0.717, 1.165) is 55.5 Å². The van der Waals surface area contributed by atoms with Crippen molar-refractivity contribution in [2.45, 2.75) is 19.3 Å². The third-order valence-electron chi connectivity index (χ3n) is 5.30. The fourth-order valence-electron chi connectivity index (χ4n) is 3.80. The topological polar surface area (TPSA) is 62.0 Å². The van der Waals surface area contributed by atoms with E-state index in [0.29, 0.717) is 12.3 Å². The first-order chi connectivity index (χ1) is 14.2. The van der Waals surface area contributed by atoms with Crippen LogP contribution in [0.15, 0.2) is 65.2 Å². The van der Waals surface area contributed by atoms with Crippen LogP contribution in [0.1, 0.15) is 28.9 Å². The number of pyridine rings is 1. The molecule has 152 valence electrons. The molecule has 0 bridgehead atoms. The molecule has 3 aromatic rings. The zero-order chi connectivity index (χ0) is 20.1. The van der Waals surface area contributed by atoms with E-state index in [4.69, 9.17) is 9.15 Å². The average molecular weight is 393 g/mol. The summed E-state index contributed by atoms with van der Waals surface area (Å²) in [5.41, 5.74) is 2.64. The predicted octanol–water partition coefficient (Wildman–Crippen LogP) is 3.22. The number of para-hydroxylation sites is 1. The van der Waals surface area contributed by atoms with E-state index in [-0.39, 0.29) is 0 Å². The van der Waals surface area contributed by atoms with Crippen LogP contribution in [-0.2, 0) is 17.9 Å². The van der Waals surface area contributed by atoms with E-state index in [9.17, 15) is 5.11 Å².